The topological polar surface area (TPSA) is 100 Å². The molecule has 0 atom stereocenters. The van der Waals surface area contributed by atoms with Crippen LogP contribution in [-0.2, 0) is 14.3 Å². The Kier molecular flexibility index (Phi) is 8.64. The molecule has 0 fully saturated rings. The third-order valence-corrected chi connectivity index (χ3v) is 3.01. The molecule has 0 aliphatic rings. The zero-order chi connectivity index (χ0) is 17.8. The number of anilines is 1. The highest BCUT2D eigenvalue weighted by atomic mass is 16.5. The van der Waals surface area contributed by atoms with Gasteiger partial charge in [0, 0.05) is 31.6 Å². The first-order valence-electron chi connectivity index (χ1n) is 7.53. The van der Waals surface area contributed by atoms with Crippen LogP contribution in [0.1, 0.15) is 23.7 Å². The first-order chi connectivity index (χ1) is 11.6. The van der Waals surface area contributed by atoms with E-state index in [0.717, 1.165) is 0 Å². The smallest absolute Gasteiger partial charge is 0.337 e. The molecular weight excluding hydrogens is 310 g/mol. The molecule has 0 spiro atoms. The second-order valence-corrected chi connectivity index (χ2v) is 4.69. The summed E-state index contributed by atoms with van der Waals surface area (Å²) < 4.78 is 9.77. The monoisotopic (exact) mass is 331 g/mol. The third-order valence-electron chi connectivity index (χ3n) is 3.01. The number of rotatable bonds is 9. The van der Waals surface area contributed by atoms with E-state index in [9.17, 15) is 9.59 Å². The molecule has 0 aliphatic heterocycles. The summed E-state index contributed by atoms with van der Waals surface area (Å²) in [6.07, 6.45) is 2.01. The number of carbonyl (C=O) groups is 2. The number of methoxy groups -OCH3 is 1. The minimum Gasteiger partial charge on any atom is -0.465 e. The zero-order valence-corrected chi connectivity index (χ0v) is 13.8. The van der Waals surface area contributed by atoms with Crippen molar-refractivity contribution in [3.05, 3.63) is 41.6 Å². The molecule has 128 valence electrons. The van der Waals surface area contributed by atoms with E-state index < -0.39 is 11.9 Å². The van der Waals surface area contributed by atoms with Gasteiger partial charge in [-0.3, -0.25) is 4.79 Å². The fourth-order valence-corrected chi connectivity index (χ4v) is 1.74. The minimum atomic E-state index is -0.451. The quantitative estimate of drug-likeness (QED) is 0.310. The molecule has 1 amide bonds. The molecule has 0 aliphatic carbocycles. The lowest BCUT2D eigenvalue weighted by atomic mass is 10.2. The Morgan fingerprint density at radius 2 is 2.00 bits per heavy atom. The van der Waals surface area contributed by atoms with Crippen LogP contribution < -0.4 is 10.6 Å². The second kappa shape index (κ2) is 10.8. The van der Waals surface area contributed by atoms with Gasteiger partial charge in [0.2, 0.25) is 0 Å². The number of nitrogens with zero attached hydrogens (tertiary/aromatic N) is 1. The lowest BCUT2D eigenvalue weighted by Gasteiger charge is -2.06. The van der Waals surface area contributed by atoms with Gasteiger partial charge in [-0.25, -0.2) is 4.79 Å². The van der Waals surface area contributed by atoms with Crippen LogP contribution in [0, 0.1) is 11.3 Å². The van der Waals surface area contributed by atoms with Crippen molar-refractivity contribution in [3.8, 4) is 6.07 Å². The average molecular weight is 331 g/mol. The van der Waals surface area contributed by atoms with Crippen LogP contribution in [0.15, 0.2) is 36.0 Å². The molecule has 1 aromatic carbocycles. The molecule has 0 saturated carbocycles. The normalized spacial score (nSPS) is 10.6. The van der Waals surface area contributed by atoms with Gasteiger partial charge in [0.15, 0.2) is 0 Å². The van der Waals surface area contributed by atoms with Crippen molar-refractivity contribution in [2.24, 2.45) is 0 Å². The Bertz CT molecular complexity index is 618. The van der Waals surface area contributed by atoms with Gasteiger partial charge >= 0.3 is 5.97 Å². The molecular formula is C17H21N3O4. The van der Waals surface area contributed by atoms with Crippen LogP contribution in [0.3, 0.4) is 0 Å². The number of nitrogens with one attached hydrogen (secondary N) is 2. The molecule has 0 saturated heterocycles. The summed E-state index contributed by atoms with van der Waals surface area (Å²) in [6, 6.07) is 8.32. The summed E-state index contributed by atoms with van der Waals surface area (Å²) in [4.78, 5) is 23.2. The van der Waals surface area contributed by atoms with Crippen molar-refractivity contribution in [1.82, 2.24) is 5.32 Å². The fraction of sp³-hybridized carbons (Fsp3) is 0.353. The number of esters is 1. The van der Waals surface area contributed by atoms with E-state index in [-0.39, 0.29) is 5.57 Å². The number of amides is 1. The number of hydrogen-bond donors (Lipinski definition) is 2. The van der Waals surface area contributed by atoms with E-state index in [1.54, 1.807) is 24.3 Å². The minimum absolute atomic E-state index is 0.0385. The Balaban J connectivity index is 2.54. The summed E-state index contributed by atoms with van der Waals surface area (Å²) in [7, 11) is 1.31. The number of ether oxygens (including phenoxy) is 2. The average Bonchev–Trinajstić information content (AvgIpc) is 2.62. The van der Waals surface area contributed by atoms with Gasteiger partial charge in [-0.05, 0) is 37.6 Å². The van der Waals surface area contributed by atoms with Crippen molar-refractivity contribution < 1.29 is 19.1 Å². The van der Waals surface area contributed by atoms with Gasteiger partial charge in [0.05, 0.1) is 12.7 Å². The van der Waals surface area contributed by atoms with Crippen molar-refractivity contribution in [1.29, 1.82) is 5.26 Å². The fourth-order valence-electron chi connectivity index (χ4n) is 1.74. The summed E-state index contributed by atoms with van der Waals surface area (Å²) in [5.41, 5.74) is 1.02. The van der Waals surface area contributed by atoms with Crippen LogP contribution in [0.5, 0.6) is 0 Å². The van der Waals surface area contributed by atoms with Crippen molar-refractivity contribution >= 4 is 17.6 Å². The summed E-state index contributed by atoms with van der Waals surface area (Å²) in [5.74, 6) is -0.881. The highest BCUT2D eigenvalue weighted by molar-refractivity contribution is 5.97. The lowest BCUT2D eigenvalue weighted by Crippen LogP contribution is -2.26. The maximum Gasteiger partial charge on any atom is 0.337 e. The molecule has 7 nitrogen and oxygen atoms in total. The first-order valence-corrected chi connectivity index (χ1v) is 7.53. The van der Waals surface area contributed by atoms with Gasteiger partial charge in [-0.2, -0.15) is 5.26 Å². The SMILES string of the molecule is CCOCCCNC(=O)/C(C#N)=C\Nc1ccc(C(=O)OC)cc1. The van der Waals surface area contributed by atoms with Crippen molar-refractivity contribution in [3.63, 3.8) is 0 Å². The number of nitriles is 1. The standard InChI is InChI=1S/C17H21N3O4/c1-3-24-10-4-9-19-16(21)14(11-18)12-20-15-7-5-13(6-8-15)17(22)23-2/h5-8,12,20H,3-4,9-10H2,1-2H3,(H,19,21)/b14-12-. The summed E-state index contributed by atoms with van der Waals surface area (Å²) >= 11 is 0. The number of hydrogen-bond acceptors (Lipinski definition) is 6. The maximum absolute atomic E-state index is 11.9. The van der Waals surface area contributed by atoms with E-state index in [4.69, 9.17) is 10.00 Å². The highest BCUT2D eigenvalue weighted by Gasteiger charge is 2.08. The van der Waals surface area contributed by atoms with E-state index in [1.807, 2.05) is 13.0 Å². The predicted octanol–water partition coefficient (Wildman–Crippen LogP) is 1.84. The van der Waals surface area contributed by atoms with Gasteiger partial charge in [0.25, 0.3) is 5.91 Å². The van der Waals surface area contributed by atoms with E-state index >= 15 is 0 Å². The molecule has 0 aromatic heterocycles. The van der Waals surface area contributed by atoms with Gasteiger partial charge in [-0.15, -0.1) is 0 Å². The van der Waals surface area contributed by atoms with E-state index in [2.05, 4.69) is 15.4 Å². The first kappa shape index (κ1) is 19.2. The Morgan fingerprint density at radius 3 is 2.58 bits per heavy atom. The molecule has 7 heteroatoms. The molecule has 24 heavy (non-hydrogen) atoms. The maximum atomic E-state index is 11.9. The third kappa shape index (κ3) is 6.50. The summed E-state index contributed by atoms with van der Waals surface area (Å²) in [6.45, 7) is 3.54. The Hall–Kier alpha value is -2.85. The van der Waals surface area contributed by atoms with E-state index in [0.29, 0.717) is 37.4 Å². The molecule has 0 heterocycles. The number of benzene rings is 1. The van der Waals surface area contributed by atoms with Gasteiger partial charge in [0.1, 0.15) is 11.6 Å². The largest absolute Gasteiger partial charge is 0.465 e. The molecule has 2 N–H and O–H groups in total. The van der Waals surface area contributed by atoms with Crippen LogP contribution in [0.4, 0.5) is 5.69 Å². The van der Waals surface area contributed by atoms with Crippen LogP contribution in [0.25, 0.3) is 0 Å². The van der Waals surface area contributed by atoms with Crippen LogP contribution in [-0.4, -0.2) is 38.7 Å². The van der Waals surface area contributed by atoms with Crippen molar-refractivity contribution in [2.75, 3.05) is 32.2 Å². The predicted molar refractivity (Wildman–Crippen MR) is 89.2 cm³/mol. The van der Waals surface area contributed by atoms with Gasteiger partial charge in [-0.1, -0.05) is 0 Å². The molecule has 0 unspecified atom stereocenters. The Morgan fingerprint density at radius 1 is 1.29 bits per heavy atom. The molecule has 0 bridgehead atoms. The number of carbonyl (C=O) groups excluding carboxylic acids is 2. The summed E-state index contributed by atoms with van der Waals surface area (Å²) in [5, 5.41) is 14.6. The zero-order valence-electron chi connectivity index (χ0n) is 13.8. The molecule has 1 rings (SSSR count). The highest BCUT2D eigenvalue weighted by Crippen LogP contribution is 2.11. The van der Waals surface area contributed by atoms with Crippen molar-refractivity contribution in [2.45, 2.75) is 13.3 Å². The second-order valence-electron chi connectivity index (χ2n) is 4.69. The Labute approximate surface area is 141 Å². The van der Waals surface area contributed by atoms with Crippen LogP contribution in [0.2, 0.25) is 0 Å². The van der Waals surface area contributed by atoms with Gasteiger partial charge < -0.3 is 20.1 Å². The molecule has 0 radical (unpaired) electrons. The van der Waals surface area contributed by atoms with E-state index in [1.165, 1.54) is 13.3 Å². The lowest BCUT2D eigenvalue weighted by molar-refractivity contribution is -0.117. The molecule has 1 aromatic rings. The van der Waals surface area contributed by atoms with Crippen LogP contribution >= 0.6 is 0 Å².